The maximum atomic E-state index is 13.1. The zero-order valence-electron chi connectivity index (χ0n) is 10.8. The van der Waals surface area contributed by atoms with E-state index in [0.29, 0.717) is 10.3 Å². The molecule has 4 nitrogen and oxygen atoms in total. The molecule has 0 unspecified atom stereocenters. The van der Waals surface area contributed by atoms with Crippen LogP contribution in [0.25, 0.3) is 0 Å². The maximum Gasteiger partial charge on any atom is 0.263 e. The Bertz CT molecular complexity index is 765. The lowest BCUT2D eigenvalue weighted by atomic mass is 10.3. The molecule has 9 heteroatoms. The number of benzene rings is 1. The normalized spacial score (nSPS) is 11.6. The van der Waals surface area contributed by atoms with Crippen molar-refractivity contribution in [3.05, 3.63) is 43.8 Å². The van der Waals surface area contributed by atoms with Crippen molar-refractivity contribution in [1.82, 2.24) is 5.32 Å². The zero-order chi connectivity index (χ0) is 15.6. The number of thiophene rings is 1. The Morgan fingerprint density at radius 2 is 2.10 bits per heavy atom. The molecule has 2 N–H and O–H groups in total. The number of hydrogen-bond acceptors (Lipinski definition) is 4. The minimum absolute atomic E-state index is 0.137. The standard InChI is InChI=1S/C12H11BrClFN2O2S2/c1-16-6-8-5-11(12(13)20-8)21(18,19)17-7-2-3-10(15)9(14)4-7/h2-5,16-17H,6H2,1H3. The number of halogens is 3. The molecule has 0 saturated heterocycles. The average Bonchev–Trinajstić information content (AvgIpc) is 2.76. The molecular formula is C12H11BrClFN2O2S2. The highest BCUT2D eigenvalue weighted by Gasteiger charge is 2.21. The lowest BCUT2D eigenvalue weighted by Crippen LogP contribution is -2.12. The van der Waals surface area contributed by atoms with Gasteiger partial charge in [-0.25, -0.2) is 12.8 Å². The number of hydrogen-bond donors (Lipinski definition) is 2. The molecule has 0 radical (unpaired) electrons. The van der Waals surface area contributed by atoms with Gasteiger partial charge in [-0.05, 0) is 47.2 Å². The number of nitrogens with one attached hydrogen (secondary N) is 2. The summed E-state index contributed by atoms with van der Waals surface area (Å²) in [6.07, 6.45) is 0. The van der Waals surface area contributed by atoms with Gasteiger partial charge in [-0.15, -0.1) is 11.3 Å². The second-order valence-corrected chi connectivity index (χ2v) is 8.63. The van der Waals surface area contributed by atoms with E-state index in [9.17, 15) is 12.8 Å². The molecule has 0 atom stereocenters. The molecule has 0 aliphatic carbocycles. The predicted octanol–water partition coefficient (Wildman–Crippen LogP) is 3.82. The van der Waals surface area contributed by atoms with Gasteiger partial charge in [-0.1, -0.05) is 11.6 Å². The summed E-state index contributed by atoms with van der Waals surface area (Å²) in [5.41, 5.74) is 0.203. The molecule has 0 aliphatic rings. The van der Waals surface area contributed by atoms with E-state index in [0.717, 1.165) is 10.9 Å². The first-order chi connectivity index (χ1) is 9.83. The van der Waals surface area contributed by atoms with Crippen molar-refractivity contribution >= 4 is 54.6 Å². The molecule has 0 aliphatic heterocycles. The van der Waals surface area contributed by atoms with E-state index in [2.05, 4.69) is 26.0 Å². The van der Waals surface area contributed by atoms with Gasteiger partial charge in [0.1, 0.15) is 10.7 Å². The summed E-state index contributed by atoms with van der Waals surface area (Å²) < 4.78 is 40.7. The van der Waals surface area contributed by atoms with Crippen LogP contribution in [0.4, 0.5) is 10.1 Å². The van der Waals surface area contributed by atoms with Gasteiger partial charge in [0.15, 0.2) is 0 Å². The van der Waals surface area contributed by atoms with E-state index in [1.807, 2.05) is 0 Å². The number of anilines is 1. The molecule has 1 aromatic heterocycles. The number of rotatable bonds is 5. The van der Waals surface area contributed by atoms with Gasteiger partial charge in [-0.2, -0.15) is 0 Å². The van der Waals surface area contributed by atoms with Crippen molar-refractivity contribution in [2.75, 3.05) is 11.8 Å². The maximum absolute atomic E-state index is 13.1. The number of sulfonamides is 1. The van der Waals surface area contributed by atoms with Crippen LogP contribution in [0, 0.1) is 5.82 Å². The van der Waals surface area contributed by atoms with Crippen molar-refractivity contribution in [1.29, 1.82) is 0 Å². The van der Waals surface area contributed by atoms with Gasteiger partial charge in [0.2, 0.25) is 0 Å². The van der Waals surface area contributed by atoms with E-state index < -0.39 is 15.8 Å². The Morgan fingerprint density at radius 3 is 2.71 bits per heavy atom. The first kappa shape index (κ1) is 16.7. The van der Waals surface area contributed by atoms with Crippen LogP contribution in [0.15, 0.2) is 32.9 Å². The third-order valence-corrected chi connectivity index (χ3v) is 6.44. The first-order valence-corrected chi connectivity index (χ1v) is 9.21. The smallest absolute Gasteiger partial charge is 0.263 e. The SMILES string of the molecule is CNCc1cc(S(=O)(=O)Nc2ccc(F)c(Cl)c2)c(Br)s1. The molecule has 114 valence electrons. The van der Waals surface area contributed by atoms with Crippen molar-refractivity contribution in [2.45, 2.75) is 11.4 Å². The summed E-state index contributed by atoms with van der Waals surface area (Å²) in [5, 5.41) is 2.81. The third-order valence-electron chi connectivity index (χ3n) is 2.52. The van der Waals surface area contributed by atoms with Crippen LogP contribution in [0.3, 0.4) is 0 Å². The Kier molecular flexibility index (Phi) is 5.26. The van der Waals surface area contributed by atoms with Crippen molar-refractivity contribution in [3.8, 4) is 0 Å². The third kappa shape index (κ3) is 3.95. The predicted molar refractivity (Wildman–Crippen MR) is 87.0 cm³/mol. The molecule has 0 amide bonds. The van der Waals surface area contributed by atoms with Gasteiger partial charge in [0.05, 0.1) is 14.5 Å². The van der Waals surface area contributed by atoms with Crippen LogP contribution in [-0.2, 0) is 16.6 Å². The highest BCUT2D eigenvalue weighted by atomic mass is 79.9. The summed E-state index contributed by atoms with van der Waals surface area (Å²) in [6, 6.07) is 5.23. The van der Waals surface area contributed by atoms with Gasteiger partial charge in [0.25, 0.3) is 10.0 Å². The van der Waals surface area contributed by atoms with Crippen molar-refractivity contribution in [3.63, 3.8) is 0 Å². The van der Waals surface area contributed by atoms with Crippen molar-refractivity contribution in [2.24, 2.45) is 0 Å². The summed E-state index contributed by atoms with van der Waals surface area (Å²) in [6.45, 7) is 0.571. The fraction of sp³-hybridized carbons (Fsp3) is 0.167. The van der Waals surface area contributed by atoms with Gasteiger partial charge < -0.3 is 5.32 Å². The van der Waals surface area contributed by atoms with E-state index in [1.54, 1.807) is 13.1 Å². The Morgan fingerprint density at radius 1 is 1.38 bits per heavy atom. The van der Waals surface area contributed by atoms with Crippen LogP contribution < -0.4 is 10.0 Å². The van der Waals surface area contributed by atoms with E-state index in [4.69, 9.17) is 11.6 Å². The molecule has 1 aromatic carbocycles. The molecular weight excluding hydrogens is 403 g/mol. The molecule has 0 bridgehead atoms. The van der Waals surface area contributed by atoms with Crippen LogP contribution in [-0.4, -0.2) is 15.5 Å². The molecule has 2 aromatic rings. The molecule has 0 saturated carbocycles. The summed E-state index contributed by atoms with van der Waals surface area (Å²) in [5.74, 6) is -0.604. The highest BCUT2D eigenvalue weighted by molar-refractivity contribution is 9.11. The quantitative estimate of drug-likeness (QED) is 0.783. The van der Waals surface area contributed by atoms with Crippen LogP contribution in [0.2, 0.25) is 5.02 Å². The summed E-state index contributed by atoms with van der Waals surface area (Å²) in [4.78, 5) is 1.01. The summed E-state index contributed by atoms with van der Waals surface area (Å²) >= 11 is 10.2. The Balaban J connectivity index is 2.31. The second kappa shape index (κ2) is 6.62. The lowest BCUT2D eigenvalue weighted by Gasteiger charge is -2.07. The second-order valence-electron chi connectivity index (χ2n) is 4.12. The largest absolute Gasteiger partial charge is 0.315 e. The minimum atomic E-state index is -3.77. The van der Waals surface area contributed by atoms with E-state index in [-0.39, 0.29) is 15.6 Å². The van der Waals surface area contributed by atoms with Gasteiger partial charge >= 0.3 is 0 Å². The fourth-order valence-electron chi connectivity index (χ4n) is 1.61. The van der Waals surface area contributed by atoms with Gasteiger partial charge in [0, 0.05) is 11.4 Å². The Labute approximate surface area is 139 Å². The topological polar surface area (TPSA) is 58.2 Å². The Hall–Kier alpha value is -0.670. The van der Waals surface area contributed by atoms with E-state index in [1.165, 1.54) is 23.5 Å². The molecule has 1 heterocycles. The zero-order valence-corrected chi connectivity index (χ0v) is 14.8. The average molecular weight is 414 g/mol. The summed E-state index contributed by atoms with van der Waals surface area (Å²) in [7, 11) is -1.99. The minimum Gasteiger partial charge on any atom is -0.315 e. The van der Waals surface area contributed by atoms with E-state index >= 15 is 0 Å². The van der Waals surface area contributed by atoms with Crippen LogP contribution in [0.1, 0.15) is 4.88 Å². The lowest BCUT2D eigenvalue weighted by molar-refractivity contribution is 0.601. The van der Waals surface area contributed by atoms with Gasteiger partial charge in [-0.3, -0.25) is 4.72 Å². The first-order valence-electron chi connectivity index (χ1n) is 5.74. The fourth-order valence-corrected chi connectivity index (χ4v) is 5.54. The molecule has 2 rings (SSSR count). The molecule has 0 fully saturated rings. The highest BCUT2D eigenvalue weighted by Crippen LogP contribution is 2.33. The van der Waals surface area contributed by atoms with Crippen LogP contribution >= 0.6 is 38.9 Å². The van der Waals surface area contributed by atoms with Crippen molar-refractivity contribution < 1.29 is 12.8 Å². The molecule has 21 heavy (non-hydrogen) atoms. The monoisotopic (exact) mass is 412 g/mol. The molecule has 0 spiro atoms. The van der Waals surface area contributed by atoms with Crippen LogP contribution in [0.5, 0.6) is 0 Å².